The van der Waals surface area contributed by atoms with Gasteiger partial charge in [-0.2, -0.15) is 0 Å². The number of ether oxygens (including phenoxy) is 1. The van der Waals surface area contributed by atoms with Crippen LogP contribution in [0.3, 0.4) is 0 Å². The molecule has 3 heterocycles. The Hall–Kier alpha value is -2.81. The van der Waals surface area contributed by atoms with Crippen LogP contribution < -0.4 is 4.90 Å². The molecule has 2 amide bonds. The second-order valence-electron chi connectivity index (χ2n) is 9.35. The lowest BCUT2D eigenvalue weighted by Crippen LogP contribution is -2.51. The van der Waals surface area contributed by atoms with E-state index in [1.165, 1.54) is 4.90 Å². The Morgan fingerprint density at radius 2 is 1.65 bits per heavy atom. The van der Waals surface area contributed by atoms with Gasteiger partial charge in [-0.25, -0.2) is 9.97 Å². The average molecular weight is 470 g/mol. The molecule has 0 bridgehead atoms. The highest BCUT2D eigenvalue weighted by molar-refractivity contribution is 6.05. The van der Waals surface area contributed by atoms with Crippen LogP contribution in [0.15, 0.2) is 30.6 Å². The minimum atomic E-state index is -0.533. The predicted octanol–water partition coefficient (Wildman–Crippen LogP) is 2.04. The molecule has 0 saturated carbocycles. The summed E-state index contributed by atoms with van der Waals surface area (Å²) in [5, 5.41) is 0. The smallest absolute Gasteiger partial charge is 0.306 e. The number of esters is 1. The number of rotatable bonds is 10. The summed E-state index contributed by atoms with van der Waals surface area (Å²) in [6, 6.07) is 1.80. The second kappa shape index (κ2) is 11.6. The molecule has 2 fully saturated rings. The first-order valence-corrected chi connectivity index (χ1v) is 12.5. The number of fused-ring (bicyclic) bond motifs is 1. The molecular weight excluding hydrogens is 434 g/mol. The third-order valence-corrected chi connectivity index (χ3v) is 6.94. The zero-order valence-corrected chi connectivity index (χ0v) is 20.0. The molecule has 1 unspecified atom stereocenters. The molecule has 9 nitrogen and oxygen atoms in total. The maximum atomic E-state index is 13.0. The topological polar surface area (TPSA) is 95.9 Å². The van der Waals surface area contributed by atoms with Crippen LogP contribution in [-0.2, 0) is 19.1 Å². The Labute approximate surface area is 201 Å². The number of hydrogen-bond donors (Lipinski definition) is 0. The van der Waals surface area contributed by atoms with Crippen LogP contribution in [0.4, 0.5) is 5.95 Å². The molecule has 0 N–H and O–H groups in total. The first kappa shape index (κ1) is 24.3. The summed E-state index contributed by atoms with van der Waals surface area (Å²) in [6.45, 7) is 5.77. The number of piperazine rings is 1. The maximum absolute atomic E-state index is 13.0. The number of imide groups is 1. The number of hydrogen-bond acceptors (Lipinski definition) is 8. The summed E-state index contributed by atoms with van der Waals surface area (Å²) >= 11 is 0. The van der Waals surface area contributed by atoms with Crippen molar-refractivity contribution < 1.29 is 19.1 Å². The molecule has 184 valence electrons. The van der Waals surface area contributed by atoms with Crippen molar-refractivity contribution in [1.82, 2.24) is 19.8 Å². The number of likely N-dealkylation sites (tertiary alicyclic amines) is 1. The first-order chi connectivity index (χ1) is 16.6. The number of unbranched alkanes of at least 4 members (excludes halogenated alkanes) is 2. The van der Waals surface area contributed by atoms with E-state index in [0.29, 0.717) is 31.8 Å². The Morgan fingerprint density at radius 1 is 1.00 bits per heavy atom. The fourth-order valence-corrected chi connectivity index (χ4v) is 5.02. The minimum absolute atomic E-state index is 0.127. The van der Waals surface area contributed by atoms with E-state index >= 15 is 0 Å². The minimum Gasteiger partial charge on any atom is -0.459 e. The summed E-state index contributed by atoms with van der Waals surface area (Å²) in [5.74, 6) is -0.339. The molecule has 3 aliphatic rings. The third-order valence-electron chi connectivity index (χ3n) is 6.94. The molecule has 0 aromatic carbocycles. The van der Waals surface area contributed by atoms with Gasteiger partial charge in [-0.3, -0.25) is 24.2 Å². The average Bonchev–Trinajstić information content (AvgIpc) is 3.10. The van der Waals surface area contributed by atoms with Crippen LogP contribution in [0.1, 0.15) is 45.4 Å². The van der Waals surface area contributed by atoms with Crippen molar-refractivity contribution in [2.24, 2.45) is 11.8 Å². The van der Waals surface area contributed by atoms with Crippen LogP contribution in [0, 0.1) is 11.8 Å². The fourth-order valence-electron chi connectivity index (χ4n) is 5.02. The quantitative estimate of drug-likeness (QED) is 0.222. The Kier molecular flexibility index (Phi) is 8.26. The van der Waals surface area contributed by atoms with Gasteiger partial charge in [0.15, 0.2) is 0 Å². The van der Waals surface area contributed by atoms with Gasteiger partial charge in [-0.05, 0) is 25.3 Å². The maximum Gasteiger partial charge on any atom is 0.306 e. The zero-order valence-electron chi connectivity index (χ0n) is 20.0. The Morgan fingerprint density at radius 3 is 2.26 bits per heavy atom. The van der Waals surface area contributed by atoms with E-state index < -0.39 is 6.10 Å². The molecule has 2 aliphatic heterocycles. The molecule has 0 radical (unpaired) electrons. The van der Waals surface area contributed by atoms with Gasteiger partial charge < -0.3 is 9.64 Å². The van der Waals surface area contributed by atoms with Crippen molar-refractivity contribution in [3.05, 3.63) is 30.6 Å². The molecule has 1 aromatic rings. The van der Waals surface area contributed by atoms with E-state index in [2.05, 4.69) is 26.7 Å². The van der Waals surface area contributed by atoms with Gasteiger partial charge in [0.05, 0.1) is 18.4 Å². The zero-order chi connectivity index (χ0) is 23.9. The van der Waals surface area contributed by atoms with Crippen molar-refractivity contribution in [2.75, 3.05) is 44.2 Å². The van der Waals surface area contributed by atoms with Crippen LogP contribution in [0.2, 0.25) is 0 Å². The number of carbonyl (C=O) groups excluding carboxylic acids is 3. The molecule has 0 spiro atoms. The first-order valence-electron chi connectivity index (χ1n) is 12.5. The predicted molar refractivity (Wildman–Crippen MR) is 127 cm³/mol. The molecule has 1 aromatic heterocycles. The molecule has 4 rings (SSSR count). The number of anilines is 1. The van der Waals surface area contributed by atoms with Crippen LogP contribution in [0.25, 0.3) is 0 Å². The van der Waals surface area contributed by atoms with Crippen LogP contribution >= 0.6 is 0 Å². The highest BCUT2D eigenvalue weighted by atomic mass is 16.5. The van der Waals surface area contributed by atoms with Gasteiger partial charge in [0.2, 0.25) is 17.8 Å². The number of allylic oxidation sites excluding steroid dienone is 2. The van der Waals surface area contributed by atoms with Gasteiger partial charge in [0, 0.05) is 51.5 Å². The molecule has 2 saturated heterocycles. The van der Waals surface area contributed by atoms with E-state index in [1.807, 2.05) is 12.2 Å². The summed E-state index contributed by atoms with van der Waals surface area (Å²) in [6.07, 6.45) is 11.3. The van der Waals surface area contributed by atoms with Crippen LogP contribution in [-0.4, -0.2) is 82.9 Å². The Bertz CT molecular complexity index is 859. The standard InChI is InChI=1S/C25H35N5O4/c1-2-3-4-10-22(31)34-19(18-30-23(32)20-8-5-6-9-21(20)24(30)33)17-28-13-15-29(16-14-28)25-26-11-7-12-27-25/h5-7,11-12,19-21H,2-4,8-10,13-18H2,1H3/t19?,20-,21+. The summed E-state index contributed by atoms with van der Waals surface area (Å²) < 4.78 is 5.84. The molecule has 1 aliphatic carbocycles. The highest BCUT2D eigenvalue weighted by Gasteiger charge is 2.48. The van der Waals surface area contributed by atoms with Crippen molar-refractivity contribution in [1.29, 1.82) is 0 Å². The van der Waals surface area contributed by atoms with Gasteiger partial charge >= 0.3 is 5.97 Å². The fraction of sp³-hybridized carbons (Fsp3) is 0.640. The normalized spacial score (nSPS) is 23.8. The van der Waals surface area contributed by atoms with E-state index in [9.17, 15) is 14.4 Å². The molecule has 9 heteroatoms. The lowest BCUT2D eigenvalue weighted by atomic mass is 9.85. The van der Waals surface area contributed by atoms with Crippen LogP contribution in [0.5, 0.6) is 0 Å². The number of amides is 2. The number of carbonyl (C=O) groups is 3. The van der Waals surface area contributed by atoms with Crippen molar-refractivity contribution in [3.63, 3.8) is 0 Å². The largest absolute Gasteiger partial charge is 0.459 e. The highest BCUT2D eigenvalue weighted by Crippen LogP contribution is 2.35. The van der Waals surface area contributed by atoms with Gasteiger partial charge in [-0.15, -0.1) is 0 Å². The third kappa shape index (κ3) is 5.81. The van der Waals surface area contributed by atoms with E-state index in [4.69, 9.17) is 4.74 Å². The lowest BCUT2D eigenvalue weighted by molar-refractivity contribution is -0.155. The van der Waals surface area contributed by atoms with Gasteiger partial charge in [-0.1, -0.05) is 31.9 Å². The SMILES string of the molecule is CCCCCC(=O)OC(CN1CCN(c2ncccn2)CC1)CN1C(=O)[C@H]2CC=CC[C@H]2C1=O. The van der Waals surface area contributed by atoms with E-state index in [0.717, 1.165) is 45.4 Å². The molecule has 34 heavy (non-hydrogen) atoms. The number of nitrogens with zero attached hydrogens (tertiary/aromatic N) is 5. The van der Waals surface area contributed by atoms with Crippen molar-refractivity contribution in [2.45, 2.75) is 51.6 Å². The lowest BCUT2D eigenvalue weighted by Gasteiger charge is -2.36. The van der Waals surface area contributed by atoms with E-state index in [-0.39, 0.29) is 36.2 Å². The van der Waals surface area contributed by atoms with Crippen molar-refractivity contribution in [3.8, 4) is 0 Å². The van der Waals surface area contributed by atoms with Gasteiger partial charge in [0.1, 0.15) is 6.10 Å². The molecule has 3 atom stereocenters. The molecular formula is C25H35N5O4. The Balaban J connectivity index is 1.37. The van der Waals surface area contributed by atoms with Crippen molar-refractivity contribution >= 4 is 23.7 Å². The second-order valence-corrected chi connectivity index (χ2v) is 9.35. The van der Waals surface area contributed by atoms with E-state index in [1.54, 1.807) is 18.5 Å². The monoisotopic (exact) mass is 469 g/mol. The van der Waals surface area contributed by atoms with Gasteiger partial charge in [0.25, 0.3) is 0 Å². The summed E-state index contributed by atoms with van der Waals surface area (Å²) in [5.41, 5.74) is 0. The summed E-state index contributed by atoms with van der Waals surface area (Å²) in [7, 11) is 0. The summed E-state index contributed by atoms with van der Waals surface area (Å²) in [4.78, 5) is 52.8. The number of aromatic nitrogens is 2.